The van der Waals surface area contributed by atoms with E-state index in [-0.39, 0.29) is 6.04 Å². The van der Waals surface area contributed by atoms with Crippen molar-refractivity contribution in [2.24, 2.45) is 0 Å². The number of hydrogen-bond donors (Lipinski definition) is 1. The van der Waals surface area contributed by atoms with Crippen molar-refractivity contribution < 1.29 is 9.26 Å². The lowest BCUT2D eigenvalue weighted by molar-refractivity contribution is 0.127. The van der Waals surface area contributed by atoms with Gasteiger partial charge in [0.05, 0.1) is 6.04 Å². The van der Waals surface area contributed by atoms with Crippen LogP contribution in [0.4, 0.5) is 0 Å². The minimum absolute atomic E-state index is 0.174. The highest BCUT2D eigenvalue weighted by Gasteiger charge is 2.26. The zero-order valence-electron chi connectivity index (χ0n) is 12.9. The maximum absolute atomic E-state index is 5.33. The third kappa shape index (κ3) is 4.01. The van der Waals surface area contributed by atoms with Crippen molar-refractivity contribution in [1.29, 1.82) is 0 Å². The number of aromatic nitrogens is 2. The van der Waals surface area contributed by atoms with E-state index in [1.165, 1.54) is 12.8 Å². The van der Waals surface area contributed by atoms with Crippen LogP contribution < -0.4 is 5.32 Å². The highest BCUT2D eigenvalue weighted by atomic mass is 16.5. The van der Waals surface area contributed by atoms with E-state index in [1.54, 1.807) is 7.11 Å². The average molecular weight is 282 g/mol. The Morgan fingerprint density at radius 3 is 2.65 bits per heavy atom. The molecule has 6 nitrogen and oxygen atoms in total. The van der Waals surface area contributed by atoms with Gasteiger partial charge in [-0.3, -0.25) is 4.90 Å². The lowest BCUT2D eigenvalue weighted by Gasteiger charge is -2.35. The van der Waals surface area contributed by atoms with Crippen molar-refractivity contribution in [3.8, 4) is 0 Å². The van der Waals surface area contributed by atoms with Crippen molar-refractivity contribution in [1.82, 2.24) is 20.4 Å². The summed E-state index contributed by atoms with van der Waals surface area (Å²) in [5.74, 6) is 1.30. The molecule has 0 radical (unpaired) electrons. The van der Waals surface area contributed by atoms with Gasteiger partial charge in [-0.15, -0.1) is 0 Å². The first-order valence-electron chi connectivity index (χ1n) is 7.41. The van der Waals surface area contributed by atoms with Gasteiger partial charge in [-0.05, 0) is 19.8 Å². The summed E-state index contributed by atoms with van der Waals surface area (Å²) in [6.45, 7) is 9.05. The van der Waals surface area contributed by atoms with Crippen LogP contribution in [0.15, 0.2) is 4.52 Å². The van der Waals surface area contributed by atoms with Gasteiger partial charge >= 0.3 is 0 Å². The molecule has 1 aliphatic rings. The summed E-state index contributed by atoms with van der Waals surface area (Å²) in [6, 6.07) is 1.36. The van der Waals surface area contributed by atoms with Gasteiger partial charge in [-0.1, -0.05) is 19.0 Å². The molecule has 2 rings (SSSR count). The summed E-state index contributed by atoms with van der Waals surface area (Å²) in [7, 11) is 1.63. The van der Waals surface area contributed by atoms with Gasteiger partial charge in [0.15, 0.2) is 5.82 Å². The molecule has 20 heavy (non-hydrogen) atoms. The van der Waals surface area contributed by atoms with E-state index in [9.17, 15) is 0 Å². The third-order valence-electron chi connectivity index (χ3n) is 3.76. The maximum Gasteiger partial charge on any atom is 0.243 e. The predicted molar refractivity (Wildman–Crippen MR) is 76.3 cm³/mol. The first-order chi connectivity index (χ1) is 9.60. The molecule has 1 aromatic rings. The molecule has 1 atom stereocenters. The van der Waals surface area contributed by atoms with Crippen LogP contribution in [0.5, 0.6) is 0 Å². The van der Waals surface area contributed by atoms with Crippen molar-refractivity contribution in [2.45, 2.75) is 58.3 Å². The standard InChI is InChI=1S/C14H26N4O2/c1-10(2)15-12-5-7-18(8-6-12)11(3)14-16-13(9-19-4)17-20-14/h10-12,15H,5-9H2,1-4H3. The van der Waals surface area contributed by atoms with E-state index in [0.29, 0.717) is 30.4 Å². The van der Waals surface area contributed by atoms with Crippen LogP contribution in [0.2, 0.25) is 0 Å². The van der Waals surface area contributed by atoms with E-state index >= 15 is 0 Å². The molecule has 1 saturated heterocycles. The number of piperidine rings is 1. The van der Waals surface area contributed by atoms with Gasteiger partial charge in [0, 0.05) is 32.3 Å². The van der Waals surface area contributed by atoms with Gasteiger partial charge in [-0.2, -0.15) is 4.98 Å². The fourth-order valence-electron chi connectivity index (χ4n) is 2.71. The third-order valence-corrected chi connectivity index (χ3v) is 3.76. The van der Waals surface area contributed by atoms with E-state index < -0.39 is 0 Å². The van der Waals surface area contributed by atoms with Crippen LogP contribution in [0.3, 0.4) is 0 Å². The van der Waals surface area contributed by atoms with Gasteiger partial charge in [-0.25, -0.2) is 0 Å². The molecule has 1 aromatic heterocycles. The van der Waals surface area contributed by atoms with Crippen LogP contribution in [0.1, 0.15) is 51.4 Å². The molecular weight excluding hydrogens is 256 g/mol. The largest absolute Gasteiger partial charge is 0.377 e. The van der Waals surface area contributed by atoms with Crippen molar-refractivity contribution in [3.63, 3.8) is 0 Å². The lowest BCUT2D eigenvalue weighted by Crippen LogP contribution is -2.45. The molecule has 0 saturated carbocycles. The number of nitrogens with zero attached hydrogens (tertiary/aromatic N) is 3. The van der Waals surface area contributed by atoms with Gasteiger partial charge < -0.3 is 14.6 Å². The Balaban J connectivity index is 1.85. The molecule has 0 aliphatic carbocycles. The Hall–Kier alpha value is -0.980. The van der Waals surface area contributed by atoms with Crippen LogP contribution >= 0.6 is 0 Å². The van der Waals surface area contributed by atoms with Crippen LogP contribution in [0.25, 0.3) is 0 Å². The van der Waals surface area contributed by atoms with E-state index in [0.717, 1.165) is 13.1 Å². The monoisotopic (exact) mass is 282 g/mol. The summed E-state index contributed by atoms with van der Waals surface area (Å²) in [5.41, 5.74) is 0. The molecule has 1 aliphatic heterocycles. The summed E-state index contributed by atoms with van der Waals surface area (Å²) < 4.78 is 10.3. The lowest BCUT2D eigenvalue weighted by atomic mass is 10.0. The van der Waals surface area contributed by atoms with E-state index in [1.807, 2.05) is 0 Å². The smallest absolute Gasteiger partial charge is 0.243 e. The normalized spacial score (nSPS) is 19.6. The summed E-state index contributed by atoms with van der Waals surface area (Å²) >= 11 is 0. The Bertz CT molecular complexity index is 400. The predicted octanol–water partition coefficient (Wildman–Crippen LogP) is 1.74. The molecule has 6 heteroatoms. The molecule has 1 unspecified atom stereocenters. The van der Waals surface area contributed by atoms with Gasteiger partial charge in [0.25, 0.3) is 0 Å². The van der Waals surface area contributed by atoms with Crippen molar-refractivity contribution in [2.75, 3.05) is 20.2 Å². The molecule has 1 fully saturated rings. The van der Waals surface area contributed by atoms with Gasteiger partial charge in [0.1, 0.15) is 6.61 Å². The Kier molecular flexibility index (Phi) is 5.51. The molecule has 0 spiro atoms. The number of likely N-dealkylation sites (tertiary alicyclic amines) is 1. The molecule has 0 bridgehead atoms. The zero-order valence-corrected chi connectivity index (χ0v) is 12.9. The Morgan fingerprint density at radius 2 is 2.05 bits per heavy atom. The Morgan fingerprint density at radius 1 is 1.35 bits per heavy atom. The second-order valence-electron chi connectivity index (χ2n) is 5.79. The Labute approximate surface area is 120 Å². The van der Waals surface area contributed by atoms with E-state index in [4.69, 9.17) is 9.26 Å². The fourth-order valence-corrected chi connectivity index (χ4v) is 2.71. The van der Waals surface area contributed by atoms with Crippen LogP contribution in [-0.2, 0) is 11.3 Å². The number of rotatable bonds is 6. The van der Waals surface area contributed by atoms with Crippen molar-refractivity contribution in [3.05, 3.63) is 11.7 Å². The molecule has 0 amide bonds. The minimum atomic E-state index is 0.174. The van der Waals surface area contributed by atoms with Gasteiger partial charge in [0.2, 0.25) is 5.89 Å². The number of methoxy groups -OCH3 is 1. The first-order valence-corrected chi connectivity index (χ1v) is 7.41. The topological polar surface area (TPSA) is 63.4 Å². The minimum Gasteiger partial charge on any atom is -0.377 e. The molecule has 114 valence electrons. The highest BCUT2D eigenvalue weighted by molar-refractivity contribution is 4.93. The number of nitrogens with one attached hydrogen (secondary N) is 1. The highest BCUT2D eigenvalue weighted by Crippen LogP contribution is 2.23. The number of ether oxygens (including phenoxy) is 1. The maximum atomic E-state index is 5.33. The van der Waals surface area contributed by atoms with E-state index in [2.05, 4.69) is 41.1 Å². The van der Waals surface area contributed by atoms with Crippen LogP contribution in [-0.4, -0.2) is 47.3 Å². The quantitative estimate of drug-likeness (QED) is 0.857. The molecular formula is C14H26N4O2. The molecule has 1 N–H and O–H groups in total. The second-order valence-corrected chi connectivity index (χ2v) is 5.79. The summed E-state index contributed by atoms with van der Waals surface area (Å²) in [5, 5.41) is 7.53. The first kappa shape index (κ1) is 15.4. The molecule has 0 aromatic carbocycles. The SMILES string of the molecule is COCc1noc(C(C)N2CCC(NC(C)C)CC2)n1. The fraction of sp³-hybridized carbons (Fsp3) is 0.857. The van der Waals surface area contributed by atoms with Crippen molar-refractivity contribution >= 4 is 0 Å². The second kappa shape index (κ2) is 7.15. The number of hydrogen-bond acceptors (Lipinski definition) is 6. The zero-order chi connectivity index (χ0) is 14.5. The summed E-state index contributed by atoms with van der Waals surface area (Å²) in [6.07, 6.45) is 2.34. The summed E-state index contributed by atoms with van der Waals surface area (Å²) in [4.78, 5) is 6.79. The van der Waals surface area contributed by atoms with Crippen LogP contribution in [0, 0.1) is 0 Å². The average Bonchev–Trinajstić information content (AvgIpc) is 2.87. The molecule has 2 heterocycles.